The van der Waals surface area contributed by atoms with Gasteiger partial charge in [0.2, 0.25) is 0 Å². The van der Waals surface area contributed by atoms with Crippen molar-refractivity contribution in [2.45, 2.75) is 52.2 Å². The minimum atomic E-state index is -0.148. The van der Waals surface area contributed by atoms with E-state index in [1.807, 2.05) is 0 Å². The van der Waals surface area contributed by atoms with Crippen molar-refractivity contribution in [3.63, 3.8) is 0 Å². The average molecular weight is 285 g/mol. The normalized spacial score (nSPS) is 27.1. The van der Waals surface area contributed by atoms with Crippen molar-refractivity contribution in [2.75, 3.05) is 46.8 Å². The van der Waals surface area contributed by atoms with Gasteiger partial charge in [0.15, 0.2) is 0 Å². The van der Waals surface area contributed by atoms with Gasteiger partial charge in [0.25, 0.3) is 0 Å². The fraction of sp³-hybridized carbons (Fsp3) is 1.00. The summed E-state index contributed by atoms with van der Waals surface area (Å²) in [7, 11) is 4.23. The molecule has 1 fully saturated rings. The van der Waals surface area contributed by atoms with Gasteiger partial charge in [-0.05, 0) is 45.3 Å². The van der Waals surface area contributed by atoms with E-state index >= 15 is 0 Å². The smallest absolute Gasteiger partial charge is 0.0682 e. The quantitative estimate of drug-likeness (QED) is 0.628. The SMILES string of the molecule is CCCNCC(C)(CC)CN1CC(O)CC1CN(C)C. The van der Waals surface area contributed by atoms with Crippen LogP contribution in [0.15, 0.2) is 0 Å². The molecule has 0 spiro atoms. The molecule has 1 rings (SSSR count). The summed E-state index contributed by atoms with van der Waals surface area (Å²) in [5, 5.41) is 13.6. The summed E-state index contributed by atoms with van der Waals surface area (Å²) in [5.41, 5.74) is 0.295. The minimum absolute atomic E-state index is 0.148. The second-order valence-corrected chi connectivity index (χ2v) is 7.08. The van der Waals surface area contributed by atoms with Crippen molar-refractivity contribution in [1.29, 1.82) is 0 Å². The molecule has 3 atom stereocenters. The summed E-state index contributed by atoms with van der Waals surface area (Å²) >= 11 is 0. The Morgan fingerprint density at radius 2 is 2.05 bits per heavy atom. The zero-order valence-corrected chi connectivity index (χ0v) is 14.2. The molecule has 0 saturated carbocycles. The molecule has 0 radical (unpaired) electrons. The molecule has 0 amide bonds. The number of aliphatic hydroxyl groups excluding tert-OH is 1. The molecular weight excluding hydrogens is 250 g/mol. The van der Waals surface area contributed by atoms with Gasteiger partial charge in [-0.3, -0.25) is 4.90 Å². The third kappa shape index (κ3) is 5.68. The largest absolute Gasteiger partial charge is 0.392 e. The molecule has 1 aliphatic rings. The van der Waals surface area contributed by atoms with Crippen LogP contribution >= 0.6 is 0 Å². The first-order valence-corrected chi connectivity index (χ1v) is 8.17. The number of likely N-dealkylation sites (N-methyl/N-ethyl adjacent to an activating group) is 1. The molecule has 0 bridgehead atoms. The molecule has 0 aromatic heterocycles. The monoisotopic (exact) mass is 285 g/mol. The maximum Gasteiger partial charge on any atom is 0.0682 e. The second-order valence-electron chi connectivity index (χ2n) is 7.08. The Kier molecular flexibility index (Phi) is 7.45. The van der Waals surface area contributed by atoms with Gasteiger partial charge in [0.1, 0.15) is 0 Å². The predicted octanol–water partition coefficient (Wildman–Crippen LogP) is 1.40. The van der Waals surface area contributed by atoms with Crippen LogP contribution in [0.1, 0.15) is 40.0 Å². The Bertz CT molecular complexity index is 272. The third-order valence-corrected chi connectivity index (χ3v) is 4.50. The summed E-state index contributed by atoms with van der Waals surface area (Å²) in [4.78, 5) is 4.73. The summed E-state index contributed by atoms with van der Waals surface area (Å²) in [6, 6.07) is 0.497. The number of aliphatic hydroxyl groups is 1. The van der Waals surface area contributed by atoms with E-state index in [9.17, 15) is 5.11 Å². The van der Waals surface area contributed by atoms with E-state index in [1.54, 1.807) is 0 Å². The van der Waals surface area contributed by atoms with Crippen LogP contribution < -0.4 is 5.32 Å². The summed E-state index contributed by atoms with van der Waals surface area (Å²) in [5.74, 6) is 0. The lowest BCUT2D eigenvalue weighted by Gasteiger charge is -2.36. The van der Waals surface area contributed by atoms with Gasteiger partial charge < -0.3 is 15.3 Å². The standard InChI is InChI=1S/C16H35N3O/c1-6-8-17-12-16(3,7-2)13-19-11-15(20)9-14(19)10-18(4)5/h14-15,17,20H,6-13H2,1-5H3. The van der Waals surface area contributed by atoms with Gasteiger partial charge in [0, 0.05) is 32.2 Å². The second kappa shape index (κ2) is 8.32. The fourth-order valence-electron chi connectivity index (χ4n) is 3.11. The number of rotatable bonds is 9. The van der Waals surface area contributed by atoms with E-state index in [4.69, 9.17) is 0 Å². The van der Waals surface area contributed by atoms with Crippen molar-refractivity contribution in [1.82, 2.24) is 15.1 Å². The first-order valence-electron chi connectivity index (χ1n) is 8.17. The molecule has 3 unspecified atom stereocenters. The van der Waals surface area contributed by atoms with Gasteiger partial charge >= 0.3 is 0 Å². The van der Waals surface area contributed by atoms with Gasteiger partial charge in [-0.25, -0.2) is 0 Å². The third-order valence-electron chi connectivity index (χ3n) is 4.50. The van der Waals surface area contributed by atoms with Crippen molar-refractivity contribution < 1.29 is 5.11 Å². The first kappa shape index (κ1) is 17.9. The highest BCUT2D eigenvalue weighted by atomic mass is 16.3. The van der Waals surface area contributed by atoms with E-state index in [0.717, 1.165) is 39.1 Å². The number of hydrogen-bond donors (Lipinski definition) is 2. The predicted molar refractivity (Wildman–Crippen MR) is 86.1 cm³/mol. The maximum atomic E-state index is 9.99. The molecule has 0 aromatic rings. The molecule has 1 saturated heterocycles. The van der Waals surface area contributed by atoms with Gasteiger partial charge in [0.05, 0.1) is 6.10 Å². The van der Waals surface area contributed by atoms with E-state index in [2.05, 4.69) is 50.0 Å². The van der Waals surface area contributed by atoms with Crippen LogP contribution in [-0.2, 0) is 0 Å². The van der Waals surface area contributed by atoms with Crippen molar-refractivity contribution in [3.8, 4) is 0 Å². The lowest BCUT2D eigenvalue weighted by molar-refractivity contribution is 0.118. The van der Waals surface area contributed by atoms with Crippen molar-refractivity contribution >= 4 is 0 Å². The van der Waals surface area contributed by atoms with Crippen LogP contribution in [0, 0.1) is 5.41 Å². The van der Waals surface area contributed by atoms with E-state index < -0.39 is 0 Å². The Balaban J connectivity index is 2.57. The van der Waals surface area contributed by atoms with E-state index in [-0.39, 0.29) is 6.10 Å². The van der Waals surface area contributed by atoms with E-state index in [1.165, 1.54) is 12.8 Å². The number of β-amino-alcohol motifs (C(OH)–C–C–N with tert-alkyl or cyclic N) is 1. The molecular formula is C16H35N3O. The zero-order chi connectivity index (χ0) is 15.2. The molecule has 20 heavy (non-hydrogen) atoms. The van der Waals surface area contributed by atoms with Crippen LogP contribution in [-0.4, -0.2) is 73.9 Å². The highest BCUT2D eigenvalue weighted by Crippen LogP contribution is 2.27. The number of hydrogen-bond acceptors (Lipinski definition) is 4. The minimum Gasteiger partial charge on any atom is -0.392 e. The molecule has 4 nitrogen and oxygen atoms in total. The lowest BCUT2D eigenvalue weighted by atomic mass is 9.86. The van der Waals surface area contributed by atoms with Crippen LogP contribution in [0.4, 0.5) is 0 Å². The highest BCUT2D eigenvalue weighted by Gasteiger charge is 2.35. The fourth-order valence-corrected chi connectivity index (χ4v) is 3.11. The lowest BCUT2D eigenvalue weighted by Crippen LogP contribution is -2.46. The van der Waals surface area contributed by atoms with Gasteiger partial charge in [-0.15, -0.1) is 0 Å². The van der Waals surface area contributed by atoms with E-state index in [0.29, 0.717) is 11.5 Å². The van der Waals surface area contributed by atoms with Gasteiger partial charge in [-0.1, -0.05) is 20.8 Å². The Morgan fingerprint density at radius 3 is 2.60 bits per heavy atom. The summed E-state index contributed by atoms with van der Waals surface area (Å²) in [6.45, 7) is 12.0. The molecule has 0 aliphatic carbocycles. The van der Waals surface area contributed by atoms with Crippen LogP contribution in [0.2, 0.25) is 0 Å². The summed E-state index contributed by atoms with van der Waals surface area (Å²) in [6.07, 6.45) is 3.13. The molecule has 1 heterocycles. The van der Waals surface area contributed by atoms with Crippen LogP contribution in [0.25, 0.3) is 0 Å². The molecule has 0 aromatic carbocycles. The highest BCUT2D eigenvalue weighted by molar-refractivity contribution is 4.90. The van der Waals surface area contributed by atoms with Gasteiger partial charge in [-0.2, -0.15) is 0 Å². The number of nitrogens with zero attached hydrogens (tertiary/aromatic N) is 2. The van der Waals surface area contributed by atoms with Crippen molar-refractivity contribution in [3.05, 3.63) is 0 Å². The Labute approximate surface area is 125 Å². The Hall–Kier alpha value is -0.160. The Morgan fingerprint density at radius 1 is 1.35 bits per heavy atom. The van der Waals surface area contributed by atoms with Crippen molar-refractivity contribution in [2.24, 2.45) is 5.41 Å². The number of nitrogens with one attached hydrogen (secondary N) is 1. The topological polar surface area (TPSA) is 38.7 Å². The molecule has 120 valence electrons. The maximum absolute atomic E-state index is 9.99. The molecule has 4 heteroatoms. The number of likely N-dealkylation sites (tertiary alicyclic amines) is 1. The molecule has 2 N–H and O–H groups in total. The first-order chi connectivity index (χ1) is 9.40. The zero-order valence-electron chi connectivity index (χ0n) is 14.2. The summed E-state index contributed by atoms with van der Waals surface area (Å²) < 4.78 is 0. The van der Waals surface area contributed by atoms with Crippen LogP contribution in [0.3, 0.4) is 0 Å². The van der Waals surface area contributed by atoms with Crippen LogP contribution in [0.5, 0.6) is 0 Å². The average Bonchev–Trinajstić information content (AvgIpc) is 2.68. The molecule has 1 aliphatic heterocycles.